The summed E-state index contributed by atoms with van der Waals surface area (Å²) in [5.41, 5.74) is 7.21. The molecule has 0 aliphatic carbocycles. The summed E-state index contributed by atoms with van der Waals surface area (Å²) in [6.07, 6.45) is 0. The second kappa shape index (κ2) is 6.32. The Hall–Kier alpha value is -1.16. The van der Waals surface area contributed by atoms with Gasteiger partial charge in [0.1, 0.15) is 0 Å². The first-order chi connectivity index (χ1) is 6.52. The summed E-state index contributed by atoms with van der Waals surface area (Å²) in [4.78, 5) is 8.17. The molecule has 0 bridgehead atoms. The molecule has 0 rings (SSSR count). The number of ether oxygens (including phenoxy) is 1. The fraction of sp³-hybridized carbons (Fsp3) is 0.600. The topological polar surface area (TPSA) is 60.0 Å². The minimum Gasteiger partial charge on any atom is -0.402 e. The van der Waals surface area contributed by atoms with E-state index in [0.29, 0.717) is 18.1 Å². The lowest BCUT2D eigenvalue weighted by molar-refractivity contribution is 0.186. The van der Waals surface area contributed by atoms with Gasteiger partial charge >= 0.3 is 0 Å². The van der Waals surface area contributed by atoms with Gasteiger partial charge in [-0.05, 0) is 27.5 Å². The van der Waals surface area contributed by atoms with E-state index in [9.17, 15) is 0 Å². The highest BCUT2D eigenvalue weighted by Gasteiger charge is 2.04. The third-order valence-electron chi connectivity index (χ3n) is 1.83. The van der Waals surface area contributed by atoms with Crippen molar-refractivity contribution in [3.63, 3.8) is 0 Å². The summed E-state index contributed by atoms with van der Waals surface area (Å²) in [7, 11) is 1.64. The molecule has 0 aromatic rings. The molecule has 0 amide bonds. The molecule has 0 unspecified atom stereocenters. The molecule has 80 valence electrons. The molecular formula is C10H19N3O. The Labute approximate surface area is 85.6 Å². The Kier molecular flexibility index (Phi) is 5.79. The van der Waals surface area contributed by atoms with Gasteiger partial charge in [0.05, 0.1) is 12.6 Å². The predicted molar refractivity (Wildman–Crippen MR) is 60.9 cm³/mol. The van der Waals surface area contributed by atoms with E-state index in [0.717, 1.165) is 5.57 Å². The van der Waals surface area contributed by atoms with Gasteiger partial charge in [-0.15, -0.1) is 0 Å². The second-order valence-electron chi connectivity index (χ2n) is 3.22. The van der Waals surface area contributed by atoms with Crippen LogP contribution in [0.5, 0.6) is 0 Å². The second-order valence-corrected chi connectivity index (χ2v) is 3.22. The Morgan fingerprint density at radius 3 is 2.43 bits per heavy atom. The van der Waals surface area contributed by atoms with Crippen LogP contribution in [0.15, 0.2) is 21.3 Å². The van der Waals surface area contributed by atoms with Crippen LogP contribution in [-0.2, 0) is 4.74 Å². The van der Waals surface area contributed by atoms with E-state index in [-0.39, 0.29) is 6.04 Å². The monoisotopic (exact) mass is 197 g/mol. The average molecular weight is 197 g/mol. The van der Waals surface area contributed by atoms with Gasteiger partial charge in [-0.3, -0.25) is 4.99 Å². The molecule has 2 N–H and O–H groups in total. The lowest BCUT2D eigenvalue weighted by Crippen LogP contribution is -2.12. The first kappa shape index (κ1) is 12.8. The Morgan fingerprint density at radius 2 is 2.07 bits per heavy atom. The van der Waals surface area contributed by atoms with E-state index in [2.05, 4.69) is 16.7 Å². The maximum atomic E-state index is 5.64. The van der Waals surface area contributed by atoms with Crippen molar-refractivity contribution >= 4 is 12.6 Å². The zero-order valence-electron chi connectivity index (χ0n) is 9.37. The SMILES string of the molecule is C=NC(=N[C@H](C)COC)C(C)=C(C)N. The first-order valence-electron chi connectivity index (χ1n) is 4.49. The lowest BCUT2D eigenvalue weighted by atomic mass is 10.2. The maximum Gasteiger partial charge on any atom is 0.151 e. The Morgan fingerprint density at radius 1 is 1.50 bits per heavy atom. The normalized spacial score (nSPS) is 16.1. The van der Waals surface area contributed by atoms with E-state index in [1.54, 1.807) is 7.11 Å². The summed E-state index contributed by atoms with van der Waals surface area (Å²) in [5.74, 6) is 0.592. The van der Waals surface area contributed by atoms with Crippen molar-refractivity contribution < 1.29 is 4.74 Å². The van der Waals surface area contributed by atoms with E-state index < -0.39 is 0 Å². The van der Waals surface area contributed by atoms with Crippen molar-refractivity contribution in [2.75, 3.05) is 13.7 Å². The molecule has 0 aromatic carbocycles. The van der Waals surface area contributed by atoms with Crippen LogP contribution in [0.2, 0.25) is 0 Å². The van der Waals surface area contributed by atoms with Crippen molar-refractivity contribution in [3.05, 3.63) is 11.3 Å². The molecule has 14 heavy (non-hydrogen) atoms. The van der Waals surface area contributed by atoms with Crippen LogP contribution in [0.1, 0.15) is 20.8 Å². The lowest BCUT2D eigenvalue weighted by Gasteiger charge is -2.08. The van der Waals surface area contributed by atoms with Crippen molar-refractivity contribution in [1.82, 2.24) is 0 Å². The number of methoxy groups -OCH3 is 1. The molecule has 0 heterocycles. The van der Waals surface area contributed by atoms with Gasteiger partial charge in [0, 0.05) is 18.4 Å². The van der Waals surface area contributed by atoms with Crippen molar-refractivity contribution in [3.8, 4) is 0 Å². The van der Waals surface area contributed by atoms with Gasteiger partial charge in [0.25, 0.3) is 0 Å². The van der Waals surface area contributed by atoms with Crippen LogP contribution in [0.25, 0.3) is 0 Å². The zero-order chi connectivity index (χ0) is 11.1. The van der Waals surface area contributed by atoms with Crippen LogP contribution in [0, 0.1) is 0 Å². The van der Waals surface area contributed by atoms with Crippen LogP contribution in [0.3, 0.4) is 0 Å². The third-order valence-corrected chi connectivity index (χ3v) is 1.83. The van der Waals surface area contributed by atoms with Crippen molar-refractivity contribution in [2.24, 2.45) is 15.7 Å². The largest absolute Gasteiger partial charge is 0.402 e. The molecule has 0 aromatic heterocycles. The predicted octanol–water partition coefficient (Wildman–Crippen LogP) is 1.37. The quantitative estimate of drug-likeness (QED) is 0.546. The summed E-state index contributed by atoms with van der Waals surface area (Å²) in [6.45, 7) is 9.68. The van der Waals surface area contributed by atoms with E-state index >= 15 is 0 Å². The Balaban J connectivity index is 4.72. The standard InChI is InChI=1S/C10H19N3O/c1-7(6-14-5)13-10(12-4)8(2)9(3)11/h7H,4,6,11H2,1-3,5H3/t7-/m1/s1. The highest BCUT2D eigenvalue weighted by molar-refractivity contribution is 6.01. The molecule has 0 radical (unpaired) electrons. The molecule has 0 fully saturated rings. The van der Waals surface area contributed by atoms with E-state index in [1.807, 2.05) is 20.8 Å². The van der Waals surface area contributed by atoms with Crippen LogP contribution < -0.4 is 5.73 Å². The fourth-order valence-corrected chi connectivity index (χ4v) is 0.920. The molecule has 4 heteroatoms. The van der Waals surface area contributed by atoms with Gasteiger partial charge in [0.15, 0.2) is 5.84 Å². The van der Waals surface area contributed by atoms with Gasteiger partial charge in [0.2, 0.25) is 0 Å². The number of nitrogens with zero attached hydrogens (tertiary/aromatic N) is 2. The summed E-state index contributed by atoms with van der Waals surface area (Å²) in [6, 6.07) is 0.0646. The Bertz CT molecular complexity index is 252. The van der Waals surface area contributed by atoms with Crippen LogP contribution >= 0.6 is 0 Å². The van der Waals surface area contributed by atoms with Crippen LogP contribution in [-0.4, -0.2) is 32.3 Å². The molecule has 0 aliphatic rings. The number of allylic oxidation sites excluding steroid dienone is 1. The summed E-state index contributed by atoms with van der Waals surface area (Å²) in [5, 5.41) is 0. The minimum atomic E-state index is 0.0646. The molecular weight excluding hydrogens is 178 g/mol. The molecule has 0 spiro atoms. The highest BCUT2D eigenvalue weighted by Crippen LogP contribution is 2.04. The minimum absolute atomic E-state index is 0.0646. The maximum absolute atomic E-state index is 5.64. The van der Waals surface area contributed by atoms with Crippen molar-refractivity contribution in [1.29, 1.82) is 0 Å². The van der Waals surface area contributed by atoms with Gasteiger partial charge in [-0.2, -0.15) is 0 Å². The molecule has 0 saturated heterocycles. The molecule has 0 aliphatic heterocycles. The van der Waals surface area contributed by atoms with Gasteiger partial charge < -0.3 is 10.5 Å². The molecule has 0 saturated carbocycles. The highest BCUT2D eigenvalue weighted by atomic mass is 16.5. The van der Waals surface area contributed by atoms with Crippen LogP contribution in [0.4, 0.5) is 0 Å². The van der Waals surface area contributed by atoms with E-state index in [1.165, 1.54) is 0 Å². The van der Waals surface area contributed by atoms with Gasteiger partial charge in [-0.25, -0.2) is 4.99 Å². The smallest absolute Gasteiger partial charge is 0.151 e. The summed E-state index contributed by atoms with van der Waals surface area (Å²) >= 11 is 0. The van der Waals surface area contributed by atoms with E-state index in [4.69, 9.17) is 10.5 Å². The molecule has 4 nitrogen and oxygen atoms in total. The summed E-state index contributed by atoms with van der Waals surface area (Å²) < 4.78 is 4.97. The number of hydrogen-bond donors (Lipinski definition) is 1. The molecule has 1 atom stereocenters. The number of hydrogen-bond acceptors (Lipinski definition) is 3. The number of rotatable bonds is 4. The zero-order valence-corrected chi connectivity index (χ0v) is 9.37. The first-order valence-corrected chi connectivity index (χ1v) is 4.49. The number of nitrogens with two attached hydrogens (primary N) is 1. The number of aliphatic imine (C=N–C) groups is 2. The van der Waals surface area contributed by atoms with Crippen molar-refractivity contribution in [2.45, 2.75) is 26.8 Å². The average Bonchev–Trinajstić information content (AvgIpc) is 2.13. The van der Waals surface area contributed by atoms with Gasteiger partial charge in [-0.1, -0.05) is 0 Å². The third kappa shape index (κ3) is 4.18. The number of amidine groups is 1. The fourth-order valence-electron chi connectivity index (χ4n) is 0.920.